The summed E-state index contributed by atoms with van der Waals surface area (Å²) in [5, 5.41) is 8.72. The third-order valence-electron chi connectivity index (χ3n) is 3.26. The molecule has 0 spiro atoms. The fourth-order valence-corrected chi connectivity index (χ4v) is 2.85. The molecule has 0 bridgehead atoms. The van der Waals surface area contributed by atoms with E-state index < -0.39 is 21.4 Å². The molecule has 0 atom stereocenters. The molecule has 0 aliphatic carbocycles. The molecule has 0 saturated heterocycles. The van der Waals surface area contributed by atoms with Crippen LogP contribution in [0.2, 0.25) is 0 Å². The molecule has 2 aromatic rings. The van der Waals surface area contributed by atoms with Crippen LogP contribution in [0.25, 0.3) is 0 Å². The molecule has 0 fully saturated rings. The lowest BCUT2D eigenvalue weighted by Crippen LogP contribution is -2.26. The molecule has 1 heterocycles. The monoisotopic (exact) mass is 335 g/mol. The van der Waals surface area contributed by atoms with Crippen molar-refractivity contribution >= 4 is 10.0 Å². The Morgan fingerprint density at radius 1 is 1.26 bits per heavy atom. The number of aromatic nitrogens is 1. The quantitative estimate of drug-likeness (QED) is 0.839. The van der Waals surface area contributed by atoms with E-state index in [1.807, 2.05) is 6.07 Å². The maximum atomic E-state index is 13.9. The van der Waals surface area contributed by atoms with Crippen LogP contribution in [-0.2, 0) is 16.6 Å². The predicted molar refractivity (Wildman–Crippen MR) is 81.8 cm³/mol. The Balaban J connectivity index is 2.46. The fourth-order valence-electron chi connectivity index (χ4n) is 1.92. The van der Waals surface area contributed by atoms with E-state index in [0.717, 1.165) is 21.0 Å². The third-order valence-corrected chi connectivity index (χ3v) is 5.06. The van der Waals surface area contributed by atoms with Crippen molar-refractivity contribution in [2.75, 3.05) is 14.1 Å². The average Bonchev–Trinajstić information content (AvgIpc) is 2.50. The van der Waals surface area contributed by atoms with Gasteiger partial charge in [-0.3, -0.25) is 4.79 Å². The average molecular weight is 335 g/mol. The van der Waals surface area contributed by atoms with Crippen LogP contribution in [0.15, 0.2) is 46.2 Å². The standard InChI is InChI=1S/C15H14FN3O3S/c1-18(2)23(21,22)13-5-6-15(20)19(10-13)9-12-4-3-11(8-17)7-14(12)16/h3-7,10H,9H2,1-2H3. The number of nitriles is 1. The van der Waals surface area contributed by atoms with E-state index in [-0.39, 0.29) is 22.6 Å². The molecule has 0 saturated carbocycles. The maximum absolute atomic E-state index is 13.9. The molecule has 23 heavy (non-hydrogen) atoms. The second-order valence-corrected chi connectivity index (χ2v) is 7.19. The minimum Gasteiger partial charge on any atom is -0.310 e. The SMILES string of the molecule is CN(C)S(=O)(=O)c1ccc(=O)n(Cc2ccc(C#N)cc2F)c1. The molecule has 0 unspecified atom stereocenters. The molecule has 0 amide bonds. The molecule has 1 aromatic heterocycles. The summed E-state index contributed by atoms with van der Waals surface area (Å²) in [7, 11) is -0.932. The predicted octanol–water partition coefficient (Wildman–Crippen LogP) is 1.16. The molecule has 0 radical (unpaired) electrons. The van der Waals surface area contributed by atoms with Gasteiger partial charge in [-0.15, -0.1) is 0 Å². The Kier molecular flexibility index (Phi) is 4.63. The van der Waals surface area contributed by atoms with Gasteiger partial charge >= 0.3 is 0 Å². The van der Waals surface area contributed by atoms with E-state index >= 15 is 0 Å². The number of halogens is 1. The smallest absolute Gasteiger partial charge is 0.250 e. The van der Waals surface area contributed by atoms with Crippen LogP contribution in [-0.4, -0.2) is 31.4 Å². The second-order valence-electron chi connectivity index (χ2n) is 5.04. The van der Waals surface area contributed by atoms with Gasteiger partial charge in [-0.1, -0.05) is 6.07 Å². The molecule has 0 N–H and O–H groups in total. The van der Waals surface area contributed by atoms with Crippen molar-refractivity contribution in [1.82, 2.24) is 8.87 Å². The number of pyridine rings is 1. The Morgan fingerprint density at radius 3 is 2.52 bits per heavy atom. The van der Waals surface area contributed by atoms with Gasteiger partial charge in [0.1, 0.15) is 5.82 Å². The molecule has 8 heteroatoms. The summed E-state index contributed by atoms with van der Waals surface area (Å²) in [4.78, 5) is 11.8. The van der Waals surface area contributed by atoms with Crippen molar-refractivity contribution in [2.45, 2.75) is 11.4 Å². The number of rotatable bonds is 4. The van der Waals surface area contributed by atoms with E-state index in [2.05, 4.69) is 0 Å². The summed E-state index contributed by atoms with van der Waals surface area (Å²) >= 11 is 0. The van der Waals surface area contributed by atoms with E-state index in [1.54, 1.807) is 0 Å². The van der Waals surface area contributed by atoms with Crippen LogP contribution in [0.1, 0.15) is 11.1 Å². The number of hydrogen-bond donors (Lipinski definition) is 0. The topological polar surface area (TPSA) is 83.2 Å². The minimum atomic E-state index is -3.69. The molecule has 2 rings (SSSR count). The van der Waals surface area contributed by atoms with Crippen molar-refractivity contribution < 1.29 is 12.8 Å². The largest absolute Gasteiger partial charge is 0.310 e. The van der Waals surface area contributed by atoms with Crippen LogP contribution >= 0.6 is 0 Å². The van der Waals surface area contributed by atoms with Gasteiger partial charge in [0.15, 0.2) is 0 Å². The third kappa shape index (κ3) is 3.47. The number of sulfonamides is 1. The molecule has 1 aromatic carbocycles. The van der Waals surface area contributed by atoms with Gasteiger partial charge < -0.3 is 4.57 Å². The summed E-state index contributed by atoms with van der Waals surface area (Å²) in [6.45, 7) is -0.132. The summed E-state index contributed by atoms with van der Waals surface area (Å²) in [6, 6.07) is 8.05. The van der Waals surface area contributed by atoms with Crippen LogP contribution in [0.4, 0.5) is 4.39 Å². The van der Waals surface area contributed by atoms with Crippen LogP contribution in [0, 0.1) is 17.1 Å². The number of hydrogen-bond acceptors (Lipinski definition) is 4. The highest BCUT2D eigenvalue weighted by atomic mass is 32.2. The van der Waals surface area contributed by atoms with Gasteiger partial charge in [-0.2, -0.15) is 5.26 Å². The zero-order valence-corrected chi connectivity index (χ0v) is 13.3. The number of benzene rings is 1. The molecule has 0 aliphatic heterocycles. The Bertz CT molecular complexity index is 943. The Morgan fingerprint density at radius 2 is 1.96 bits per heavy atom. The Labute approximate surface area is 133 Å². The zero-order chi connectivity index (χ0) is 17.2. The van der Waals surface area contributed by atoms with Crippen LogP contribution in [0.3, 0.4) is 0 Å². The number of nitrogens with zero attached hydrogens (tertiary/aromatic N) is 3. The normalized spacial score (nSPS) is 11.4. The zero-order valence-electron chi connectivity index (χ0n) is 12.5. The first-order valence-corrected chi connectivity index (χ1v) is 8.01. The molecular formula is C15H14FN3O3S. The van der Waals surface area contributed by atoms with Gasteiger partial charge in [-0.25, -0.2) is 17.1 Å². The summed E-state index contributed by atoms with van der Waals surface area (Å²) in [6.07, 6.45) is 1.18. The van der Waals surface area contributed by atoms with E-state index in [4.69, 9.17) is 5.26 Å². The lowest BCUT2D eigenvalue weighted by Gasteiger charge is -2.13. The fraction of sp³-hybridized carbons (Fsp3) is 0.200. The van der Waals surface area contributed by atoms with Crippen LogP contribution in [0.5, 0.6) is 0 Å². The van der Waals surface area contributed by atoms with Gasteiger partial charge in [0.05, 0.1) is 23.1 Å². The highest BCUT2D eigenvalue weighted by Gasteiger charge is 2.18. The first kappa shape index (κ1) is 16.9. The van der Waals surface area contributed by atoms with Crippen molar-refractivity contribution in [3.05, 3.63) is 63.8 Å². The van der Waals surface area contributed by atoms with Crippen LogP contribution < -0.4 is 5.56 Å². The van der Waals surface area contributed by atoms with Gasteiger partial charge in [0, 0.05) is 31.9 Å². The van der Waals surface area contributed by atoms with Crippen molar-refractivity contribution in [2.24, 2.45) is 0 Å². The molecule has 0 aliphatic rings. The highest BCUT2D eigenvalue weighted by molar-refractivity contribution is 7.89. The van der Waals surface area contributed by atoms with Crippen molar-refractivity contribution in [3.8, 4) is 6.07 Å². The molecular weight excluding hydrogens is 321 g/mol. The summed E-state index contributed by atoms with van der Waals surface area (Å²) in [5.74, 6) is -0.628. The van der Waals surface area contributed by atoms with Crippen molar-refractivity contribution in [3.63, 3.8) is 0 Å². The summed E-state index contributed by atoms with van der Waals surface area (Å²) < 4.78 is 40.3. The molecule has 6 nitrogen and oxygen atoms in total. The van der Waals surface area contributed by atoms with Gasteiger partial charge in [0.25, 0.3) is 5.56 Å². The van der Waals surface area contributed by atoms with Gasteiger partial charge in [0.2, 0.25) is 10.0 Å². The van der Waals surface area contributed by atoms with E-state index in [0.29, 0.717) is 0 Å². The second kappa shape index (κ2) is 6.32. The maximum Gasteiger partial charge on any atom is 0.250 e. The first-order chi connectivity index (χ1) is 10.8. The lowest BCUT2D eigenvalue weighted by molar-refractivity contribution is 0.518. The van der Waals surface area contributed by atoms with Gasteiger partial charge in [-0.05, 0) is 18.2 Å². The molecule has 120 valence electrons. The van der Waals surface area contributed by atoms with E-state index in [9.17, 15) is 17.6 Å². The lowest BCUT2D eigenvalue weighted by atomic mass is 10.1. The Hall–Kier alpha value is -2.50. The minimum absolute atomic E-state index is 0.0591. The highest BCUT2D eigenvalue weighted by Crippen LogP contribution is 2.14. The van der Waals surface area contributed by atoms with Crippen molar-refractivity contribution in [1.29, 1.82) is 5.26 Å². The van der Waals surface area contributed by atoms with E-state index in [1.165, 1.54) is 38.5 Å². The first-order valence-electron chi connectivity index (χ1n) is 6.57. The summed E-state index contributed by atoms with van der Waals surface area (Å²) in [5.41, 5.74) is -0.0977.